The molecule has 0 bridgehead atoms. The lowest BCUT2D eigenvalue weighted by Gasteiger charge is -2.61. The normalized spacial score (nSPS) is 48.8. The van der Waals surface area contributed by atoms with Crippen LogP contribution in [0.25, 0.3) is 0 Å². The van der Waals surface area contributed by atoms with Crippen molar-refractivity contribution in [3.05, 3.63) is 12.2 Å². The summed E-state index contributed by atoms with van der Waals surface area (Å²) in [6.45, 7) is 21.8. The molecule has 8 atom stereocenters. The fourth-order valence-electron chi connectivity index (χ4n) is 8.39. The van der Waals surface area contributed by atoms with Crippen LogP contribution in [0.1, 0.15) is 65.7 Å². The predicted octanol–water partition coefficient (Wildman–Crippen LogP) is 7.64. The van der Waals surface area contributed by atoms with Crippen LogP contribution in [-0.4, -0.2) is 28.3 Å². The molecule has 3 saturated carbocycles. The Balaban J connectivity index is 1.56. The van der Waals surface area contributed by atoms with Gasteiger partial charge in [-0.05, 0) is 126 Å². The van der Waals surface area contributed by atoms with Crippen LogP contribution in [0.2, 0.25) is 39.3 Å². The smallest absolute Gasteiger partial charge is 0.184 e. The highest BCUT2D eigenvalue weighted by Gasteiger charge is 2.64. The standard InChI is InChI=1S/C26H48O2Si2/c1-24-15-12-20(27-29(4,5)6)18-19(24)10-11-21-22(24)13-16-25(2)23(21)14-17-26(25,3)28-30(7,8)9/h12,15,19-23H,10-11,13-14,16-18H2,1-9H3/t19-,20-,21-,22+,23+,24+,25+,26-/m1/s1. The molecule has 0 heterocycles. The number of rotatable bonds is 4. The Morgan fingerprint density at radius 3 is 2.10 bits per heavy atom. The number of hydrogen-bond acceptors (Lipinski definition) is 2. The maximum absolute atomic E-state index is 6.94. The topological polar surface area (TPSA) is 18.5 Å². The molecule has 2 nitrogen and oxygen atoms in total. The Hall–Kier alpha value is 0.0938. The highest BCUT2D eigenvalue weighted by molar-refractivity contribution is 6.70. The van der Waals surface area contributed by atoms with E-state index in [1.54, 1.807) is 0 Å². The third-order valence-corrected chi connectivity index (χ3v) is 11.8. The first-order chi connectivity index (χ1) is 13.7. The van der Waals surface area contributed by atoms with Crippen LogP contribution < -0.4 is 0 Å². The van der Waals surface area contributed by atoms with Crippen molar-refractivity contribution in [2.45, 2.75) is 117 Å². The Labute approximate surface area is 188 Å². The second-order valence-corrected chi connectivity index (χ2v) is 22.7. The van der Waals surface area contributed by atoms with Crippen molar-refractivity contribution in [1.82, 2.24) is 0 Å². The van der Waals surface area contributed by atoms with E-state index in [-0.39, 0.29) is 5.60 Å². The van der Waals surface area contributed by atoms with Gasteiger partial charge in [0, 0.05) is 0 Å². The van der Waals surface area contributed by atoms with E-state index in [1.807, 2.05) is 0 Å². The maximum atomic E-state index is 6.94. The first-order valence-corrected chi connectivity index (χ1v) is 19.6. The zero-order valence-corrected chi connectivity index (χ0v) is 23.3. The minimum absolute atomic E-state index is 0.0868. The van der Waals surface area contributed by atoms with E-state index in [2.05, 4.69) is 72.2 Å². The Morgan fingerprint density at radius 2 is 1.47 bits per heavy atom. The number of hydrogen-bond donors (Lipinski definition) is 0. The molecule has 4 rings (SSSR count). The first kappa shape index (κ1) is 23.3. The number of fused-ring (bicyclic) bond motifs is 5. The molecule has 0 unspecified atom stereocenters. The van der Waals surface area contributed by atoms with Crippen LogP contribution in [-0.2, 0) is 8.85 Å². The molecule has 0 aromatic carbocycles. The lowest BCUT2D eigenvalue weighted by molar-refractivity contribution is -0.125. The molecule has 0 aromatic heterocycles. The second kappa shape index (κ2) is 7.30. The molecule has 4 aliphatic rings. The van der Waals surface area contributed by atoms with Crippen LogP contribution in [0.15, 0.2) is 12.2 Å². The average molecular weight is 449 g/mol. The molecule has 0 saturated heterocycles. The lowest BCUT2D eigenvalue weighted by atomic mass is 9.45. The summed E-state index contributed by atoms with van der Waals surface area (Å²) in [7, 11) is -3.04. The van der Waals surface area contributed by atoms with E-state index < -0.39 is 16.6 Å². The van der Waals surface area contributed by atoms with Gasteiger partial charge in [-0.3, -0.25) is 0 Å². The predicted molar refractivity (Wildman–Crippen MR) is 133 cm³/mol. The first-order valence-electron chi connectivity index (χ1n) is 12.7. The molecule has 0 aliphatic heterocycles. The molecule has 4 aliphatic carbocycles. The van der Waals surface area contributed by atoms with Gasteiger partial charge in [0.25, 0.3) is 0 Å². The lowest BCUT2D eigenvalue weighted by Crippen LogP contribution is -2.57. The molecule has 4 heteroatoms. The monoisotopic (exact) mass is 448 g/mol. The van der Waals surface area contributed by atoms with Gasteiger partial charge in [0.1, 0.15) is 0 Å². The highest BCUT2D eigenvalue weighted by atomic mass is 28.4. The van der Waals surface area contributed by atoms with E-state index in [4.69, 9.17) is 8.85 Å². The van der Waals surface area contributed by atoms with Crippen molar-refractivity contribution in [2.75, 3.05) is 0 Å². The third kappa shape index (κ3) is 3.86. The molecule has 0 N–H and O–H groups in total. The minimum Gasteiger partial charge on any atom is -0.412 e. The van der Waals surface area contributed by atoms with Gasteiger partial charge in [-0.15, -0.1) is 0 Å². The zero-order valence-electron chi connectivity index (χ0n) is 21.3. The molecule has 0 amide bonds. The van der Waals surface area contributed by atoms with Gasteiger partial charge in [-0.25, -0.2) is 0 Å². The molecule has 0 radical (unpaired) electrons. The second-order valence-electron chi connectivity index (χ2n) is 13.8. The van der Waals surface area contributed by atoms with Crippen LogP contribution in [0, 0.1) is 34.5 Å². The van der Waals surface area contributed by atoms with E-state index in [1.165, 1.54) is 44.9 Å². The highest BCUT2D eigenvalue weighted by Crippen LogP contribution is 2.68. The van der Waals surface area contributed by atoms with E-state index >= 15 is 0 Å². The van der Waals surface area contributed by atoms with E-state index in [9.17, 15) is 0 Å². The van der Waals surface area contributed by atoms with Crippen molar-refractivity contribution in [3.63, 3.8) is 0 Å². The molecule has 172 valence electrons. The third-order valence-electron chi connectivity index (χ3n) is 9.72. The Bertz CT molecular complexity index is 692. The largest absolute Gasteiger partial charge is 0.412 e. The van der Waals surface area contributed by atoms with Crippen molar-refractivity contribution >= 4 is 16.6 Å². The molecule has 3 fully saturated rings. The molecule has 0 aromatic rings. The molecular weight excluding hydrogens is 400 g/mol. The van der Waals surface area contributed by atoms with Gasteiger partial charge in [-0.2, -0.15) is 0 Å². The average Bonchev–Trinajstić information content (AvgIpc) is 2.83. The van der Waals surface area contributed by atoms with Gasteiger partial charge in [0.2, 0.25) is 0 Å². The SMILES string of the molecule is C[C@]12C=C[C@@H](O[Si](C)(C)C)C[C@H]1CC[C@@H]1[C@@H]2CC[C@@]2(C)[C@H]1CC[C@@]2(C)O[Si](C)(C)C. The molecular formula is C26H48O2Si2. The quantitative estimate of drug-likeness (QED) is 0.325. The maximum Gasteiger partial charge on any atom is 0.184 e. The molecule has 30 heavy (non-hydrogen) atoms. The van der Waals surface area contributed by atoms with E-state index in [0.29, 0.717) is 16.9 Å². The van der Waals surface area contributed by atoms with Crippen LogP contribution in [0.3, 0.4) is 0 Å². The summed E-state index contributed by atoms with van der Waals surface area (Å²) in [4.78, 5) is 0. The summed E-state index contributed by atoms with van der Waals surface area (Å²) in [5.74, 6) is 3.39. The van der Waals surface area contributed by atoms with Crippen molar-refractivity contribution in [1.29, 1.82) is 0 Å². The fourth-order valence-corrected chi connectivity index (χ4v) is 11.2. The number of allylic oxidation sites excluding steroid dienone is 1. The van der Waals surface area contributed by atoms with Crippen LogP contribution in [0.4, 0.5) is 0 Å². The summed E-state index contributed by atoms with van der Waals surface area (Å²) in [5, 5.41) is 0. The van der Waals surface area contributed by atoms with Crippen molar-refractivity contribution in [2.24, 2.45) is 34.5 Å². The van der Waals surface area contributed by atoms with Crippen LogP contribution in [0.5, 0.6) is 0 Å². The summed E-state index contributed by atoms with van der Waals surface area (Å²) in [5.41, 5.74) is 0.825. The minimum atomic E-state index is -1.55. The summed E-state index contributed by atoms with van der Waals surface area (Å²) in [6, 6.07) is 0. The van der Waals surface area contributed by atoms with Gasteiger partial charge in [0.05, 0.1) is 11.7 Å². The summed E-state index contributed by atoms with van der Waals surface area (Å²) < 4.78 is 13.4. The van der Waals surface area contributed by atoms with Crippen LogP contribution >= 0.6 is 0 Å². The van der Waals surface area contributed by atoms with Crippen molar-refractivity contribution in [3.8, 4) is 0 Å². The summed E-state index contributed by atoms with van der Waals surface area (Å²) >= 11 is 0. The van der Waals surface area contributed by atoms with Gasteiger partial charge in [0.15, 0.2) is 16.6 Å². The van der Waals surface area contributed by atoms with Gasteiger partial charge < -0.3 is 8.85 Å². The zero-order chi connectivity index (χ0) is 22.2. The summed E-state index contributed by atoms with van der Waals surface area (Å²) in [6.07, 6.45) is 14.9. The van der Waals surface area contributed by atoms with Gasteiger partial charge >= 0.3 is 0 Å². The Morgan fingerprint density at radius 1 is 0.800 bits per heavy atom. The Kier molecular flexibility index (Phi) is 5.66. The molecule has 0 spiro atoms. The van der Waals surface area contributed by atoms with E-state index in [0.717, 1.165) is 23.7 Å². The van der Waals surface area contributed by atoms with Crippen molar-refractivity contribution < 1.29 is 8.85 Å². The van der Waals surface area contributed by atoms with Gasteiger partial charge in [-0.1, -0.05) is 26.0 Å². The fraction of sp³-hybridized carbons (Fsp3) is 0.923.